The van der Waals surface area contributed by atoms with E-state index < -0.39 is 0 Å². The smallest absolute Gasteiger partial charge is 0.167 e. The molecule has 0 aliphatic heterocycles. The Morgan fingerprint density at radius 1 is 1.54 bits per heavy atom. The summed E-state index contributed by atoms with van der Waals surface area (Å²) in [5.41, 5.74) is 2.47. The average molecular weight is 172 g/mol. The molecule has 0 spiro atoms. The molecule has 0 fully saturated rings. The van der Waals surface area contributed by atoms with E-state index >= 15 is 0 Å². The van der Waals surface area contributed by atoms with Gasteiger partial charge in [-0.15, -0.1) is 0 Å². The van der Waals surface area contributed by atoms with E-state index in [9.17, 15) is 0 Å². The van der Waals surface area contributed by atoms with Crippen molar-refractivity contribution in [3.05, 3.63) is 29.5 Å². The lowest BCUT2D eigenvalue weighted by atomic mass is 10.0. The van der Waals surface area contributed by atoms with E-state index in [1.54, 1.807) is 18.3 Å². The van der Waals surface area contributed by atoms with Crippen molar-refractivity contribution < 1.29 is 4.52 Å². The predicted octanol–water partition coefficient (Wildman–Crippen LogP) is 2.26. The van der Waals surface area contributed by atoms with Gasteiger partial charge in [-0.05, 0) is 24.1 Å². The van der Waals surface area contributed by atoms with Crippen molar-refractivity contribution in [1.29, 1.82) is 5.26 Å². The van der Waals surface area contributed by atoms with Gasteiger partial charge in [-0.3, -0.25) is 0 Å². The van der Waals surface area contributed by atoms with Crippen molar-refractivity contribution in [3.8, 4) is 6.07 Å². The number of aryl methyl sites for hydroxylation is 1. The normalized spacial score (nSPS) is 10.2. The average Bonchev–Trinajstić information content (AvgIpc) is 2.63. The lowest BCUT2D eigenvalue weighted by molar-refractivity contribution is 0.456. The first-order valence-electron chi connectivity index (χ1n) is 4.13. The van der Waals surface area contributed by atoms with Crippen LogP contribution in [0.4, 0.5) is 0 Å². The third-order valence-corrected chi connectivity index (χ3v) is 2.12. The van der Waals surface area contributed by atoms with E-state index in [-0.39, 0.29) is 0 Å². The summed E-state index contributed by atoms with van der Waals surface area (Å²) >= 11 is 0. The Balaban J connectivity index is 2.84. The zero-order chi connectivity index (χ0) is 9.26. The van der Waals surface area contributed by atoms with Crippen LogP contribution in [0.2, 0.25) is 0 Å². The quantitative estimate of drug-likeness (QED) is 0.662. The maximum absolute atomic E-state index is 8.85. The monoisotopic (exact) mass is 172 g/mol. The van der Waals surface area contributed by atoms with Crippen LogP contribution in [0.5, 0.6) is 0 Å². The molecule has 2 rings (SSSR count). The Morgan fingerprint density at radius 2 is 2.38 bits per heavy atom. The predicted molar refractivity (Wildman–Crippen MR) is 48.1 cm³/mol. The molecule has 3 heteroatoms. The Morgan fingerprint density at radius 3 is 3.08 bits per heavy atom. The van der Waals surface area contributed by atoms with Gasteiger partial charge in [-0.25, -0.2) is 0 Å². The molecule has 0 bridgehead atoms. The van der Waals surface area contributed by atoms with Crippen LogP contribution in [0.1, 0.15) is 18.1 Å². The maximum Gasteiger partial charge on any atom is 0.167 e. The molecule has 0 radical (unpaired) electrons. The van der Waals surface area contributed by atoms with Gasteiger partial charge in [-0.2, -0.15) is 5.26 Å². The molecule has 0 N–H and O–H groups in total. The highest BCUT2D eigenvalue weighted by molar-refractivity contribution is 5.82. The summed E-state index contributed by atoms with van der Waals surface area (Å²) < 4.78 is 5.00. The molecule has 2 aromatic rings. The van der Waals surface area contributed by atoms with Crippen LogP contribution in [0.25, 0.3) is 11.0 Å². The molecule has 0 saturated carbocycles. The van der Waals surface area contributed by atoms with Crippen LogP contribution in [-0.4, -0.2) is 5.16 Å². The Bertz CT molecular complexity index is 479. The second-order valence-electron chi connectivity index (χ2n) is 2.79. The summed E-state index contributed by atoms with van der Waals surface area (Å²) in [6, 6.07) is 5.71. The first-order chi connectivity index (χ1) is 6.36. The molecular formula is C10H8N2O. The Hall–Kier alpha value is -1.82. The molecule has 3 nitrogen and oxygen atoms in total. The van der Waals surface area contributed by atoms with Crippen LogP contribution >= 0.6 is 0 Å². The first kappa shape index (κ1) is 7.81. The number of nitriles is 1. The van der Waals surface area contributed by atoms with E-state index in [0.29, 0.717) is 5.56 Å². The van der Waals surface area contributed by atoms with Crippen molar-refractivity contribution in [2.45, 2.75) is 13.3 Å². The summed E-state index contributed by atoms with van der Waals surface area (Å²) in [7, 11) is 0. The molecular weight excluding hydrogens is 164 g/mol. The summed E-state index contributed by atoms with van der Waals surface area (Å²) in [4.78, 5) is 0. The number of fused-ring (bicyclic) bond motifs is 1. The minimum Gasteiger partial charge on any atom is -0.356 e. The Kier molecular flexibility index (Phi) is 1.75. The highest BCUT2D eigenvalue weighted by atomic mass is 16.5. The lowest BCUT2D eigenvalue weighted by Crippen LogP contribution is -1.87. The van der Waals surface area contributed by atoms with Gasteiger partial charge in [0.1, 0.15) is 0 Å². The molecule has 1 heterocycles. The summed E-state index contributed by atoms with van der Waals surface area (Å²) in [6.07, 6.45) is 2.48. The van der Waals surface area contributed by atoms with E-state index in [0.717, 1.165) is 23.0 Å². The molecule has 0 unspecified atom stereocenters. The Labute approximate surface area is 75.6 Å². The van der Waals surface area contributed by atoms with Gasteiger partial charge < -0.3 is 4.52 Å². The van der Waals surface area contributed by atoms with Crippen molar-refractivity contribution in [2.24, 2.45) is 0 Å². The van der Waals surface area contributed by atoms with Gasteiger partial charge in [-0.1, -0.05) is 12.1 Å². The minimum atomic E-state index is 0.707. The van der Waals surface area contributed by atoms with E-state index in [1.807, 2.05) is 6.92 Å². The number of hydrogen-bond acceptors (Lipinski definition) is 3. The summed E-state index contributed by atoms with van der Waals surface area (Å²) in [6.45, 7) is 2.02. The fraction of sp³-hybridized carbons (Fsp3) is 0.200. The number of hydrogen-bond donors (Lipinski definition) is 0. The molecule has 1 aromatic carbocycles. The van der Waals surface area contributed by atoms with Crippen LogP contribution in [0.15, 0.2) is 22.9 Å². The maximum atomic E-state index is 8.85. The third-order valence-electron chi connectivity index (χ3n) is 2.12. The van der Waals surface area contributed by atoms with E-state index in [2.05, 4.69) is 11.2 Å². The second kappa shape index (κ2) is 2.91. The van der Waals surface area contributed by atoms with Gasteiger partial charge >= 0.3 is 0 Å². The highest BCUT2D eigenvalue weighted by Gasteiger charge is 2.07. The highest BCUT2D eigenvalue weighted by Crippen LogP contribution is 2.22. The van der Waals surface area contributed by atoms with Gasteiger partial charge in [0.2, 0.25) is 0 Å². The summed E-state index contributed by atoms with van der Waals surface area (Å²) in [5.74, 6) is 0. The van der Waals surface area contributed by atoms with E-state index in [4.69, 9.17) is 9.78 Å². The van der Waals surface area contributed by atoms with Crippen LogP contribution in [0.3, 0.4) is 0 Å². The van der Waals surface area contributed by atoms with Crippen LogP contribution in [0, 0.1) is 11.3 Å². The van der Waals surface area contributed by atoms with Gasteiger partial charge in [0.05, 0.1) is 17.8 Å². The molecule has 0 aliphatic carbocycles. The second-order valence-corrected chi connectivity index (χ2v) is 2.79. The summed E-state index contributed by atoms with van der Waals surface area (Å²) in [5, 5.41) is 13.5. The van der Waals surface area contributed by atoms with E-state index in [1.165, 1.54) is 0 Å². The standard InChI is InChI=1S/C10H8N2O/c1-2-8-7(5-11)3-4-10-9(8)6-12-13-10/h3-4,6H,2H2,1H3. The van der Waals surface area contributed by atoms with Crippen LogP contribution in [-0.2, 0) is 6.42 Å². The lowest BCUT2D eigenvalue weighted by Gasteiger charge is -1.99. The van der Waals surface area contributed by atoms with Crippen molar-refractivity contribution in [1.82, 2.24) is 5.16 Å². The molecule has 0 amide bonds. The number of rotatable bonds is 1. The molecule has 13 heavy (non-hydrogen) atoms. The number of nitrogens with zero attached hydrogens (tertiary/aromatic N) is 2. The van der Waals surface area contributed by atoms with Gasteiger partial charge in [0.15, 0.2) is 5.58 Å². The number of aromatic nitrogens is 1. The van der Waals surface area contributed by atoms with Gasteiger partial charge in [0, 0.05) is 5.39 Å². The van der Waals surface area contributed by atoms with Crippen molar-refractivity contribution >= 4 is 11.0 Å². The van der Waals surface area contributed by atoms with Crippen molar-refractivity contribution in [2.75, 3.05) is 0 Å². The minimum absolute atomic E-state index is 0.707. The number of benzene rings is 1. The fourth-order valence-corrected chi connectivity index (χ4v) is 1.49. The largest absolute Gasteiger partial charge is 0.356 e. The SMILES string of the molecule is CCc1c(C#N)ccc2oncc12. The first-order valence-corrected chi connectivity index (χ1v) is 4.13. The zero-order valence-electron chi connectivity index (χ0n) is 7.24. The topological polar surface area (TPSA) is 49.8 Å². The molecule has 64 valence electrons. The van der Waals surface area contributed by atoms with Crippen molar-refractivity contribution in [3.63, 3.8) is 0 Å². The molecule has 0 aliphatic rings. The third kappa shape index (κ3) is 1.07. The zero-order valence-corrected chi connectivity index (χ0v) is 7.24. The van der Waals surface area contributed by atoms with Gasteiger partial charge in [0.25, 0.3) is 0 Å². The molecule has 1 aromatic heterocycles. The molecule has 0 saturated heterocycles. The fourth-order valence-electron chi connectivity index (χ4n) is 1.49. The molecule has 0 atom stereocenters. The van der Waals surface area contributed by atoms with Crippen LogP contribution < -0.4 is 0 Å².